The van der Waals surface area contributed by atoms with Gasteiger partial charge in [0.1, 0.15) is 37.3 Å². The first-order valence-corrected chi connectivity index (χ1v) is 22.1. The number of benzene rings is 1. The van der Waals surface area contributed by atoms with E-state index in [-0.39, 0.29) is 19.0 Å². The second-order valence-electron chi connectivity index (χ2n) is 15.0. The topological polar surface area (TPSA) is 216 Å². The Morgan fingerprint density at radius 2 is 1.62 bits per heavy atom. The van der Waals surface area contributed by atoms with Gasteiger partial charge in [0.05, 0.1) is 42.7 Å². The van der Waals surface area contributed by atoms with E-state index in [1.54, 1.807) is 24.3 Å². The smallest absolute Gasteiger partial charge is 0.387 e. The zero-order valence-corrected chi connectivity index (χ0v) is 34.3. The molecule has 56 heavy (non-hydrogen) atoms. The van der Waals surface area contributed by atoms with Crippen LogP contribution in [0, 0.1) is 22.7 Å². The SMILES string of the molecule is CCCCCCCCCCCCCCCCCC[C@H](COP(=O)(O)OC[C@@]1(C#N)O[C@@H](C2CC=C3C(N)=NC=NN32)[C@H](O)[C@@H]1O)OCc1cc(Cl)cc(C#N)c1. The maximum absolute atomic E-state index is 13.1. The molecule has 0 spiro atoms. The van der Waals surface area contributed by atoms with Crippen LogP contribution in [0.15, 0.2) is 40.1 Å². The van der Waals surface area contributed by atoms with Gasteiger partial charge in [-0.2, -0.15) is 15.6 Å². The molecule has 3 aliphatic heterocycles. The number of fused-ring (bicyclic) bond motifs is 1. The molecule has 1 aromatic rings. The molecular weight excluding hydrogens is 759 g/mol. The molecule has 3 aliphatic rings. The standard InChI is InChI=1S/C40H60ClN6O8P/c1-2-3-4-5-6-7-8-9-10-11-12-13-14-15-16-17-18-33(52-25-31-21-30(24-42)22-32(41)23-31)26-53-56(50,51)54-28-40(27-43)38(49)36(48)37(55-40)34-19-20-35-39(44)45-29-46-47(34)35/h20-23,29,33-34,36-38,48-49H,2-19,25-26,28H2,1H3,(H,50,51)(H2,44,45,46)/t33-,34?,36+,37+,38+,40-/m1/s1. The van der Waals surface area contributed by atoms with Gasteiger partial charge in [0, 0.05) is 5.02 Å². The van der Waals surface area contributed by atoms with Gasteiger partial charge in [-0.1, -0.05) is 127 Å². The number of unbranched alkanes of at least 4 members (excludes halogenated alkanes) is 15. The van der Waals surface area contributed by atoms with E-state index in [9.17, 15) is 30.2 Å². The van der Waals surface area contributed by atoms with Crippen molar-refractivity contribution in [3.8, 4) is 12.1 Å². The number of aliphatic imine (C=N–C) groups is 1. The van der Waals surface area contributed by atoms with Gasteiger partial charge in [-0.3, -0.25) is 14.1 Å². The summed E-state index contributed by atoms with van der Waals surface area (Å²) in [5, 5.41) is 47.4. The molecule has 5 N–H and O–H groups in total. The molecule has 16 heteroatoms. The predicted molar refractivity (Wildman–Crippen MR) is 214 cm³/mol. The Hall–Kier alpha value is -2.88. The third kappa shape index (κ3) is 13.9. The minimum Gasteiger partial charge on any atom is -0.387 e. The van der Waals surface area contributed by atoms with Crippen LogP contribution in [0.2, 0.25) is 5.02 Å². The van der Waals surface area contributed by atoms with Gasteiger partial charge in [0.15, 0.2) is 5.84 Å². The number of aliphatic hydroxyl groups is 2. The maximum atomic E-state index is 13.1. The number of hydrogen-bond acceptors (Lipinski definition) is 13. The summed E-state index contributed by atoms with van der Waals surface area (Å²) >= 11 is 6.18. The number of hydrogen-bond donors (Lipinski definition) is 4. The first-order valence-electron chi connectivity index (χ1n) is 20.3. The van der Waals surface area contributed by atoms with E-state index in [1.165, 1.54) is 88.4 Å². The van der Waals surface area contributed by atoms with Gasteiger partial charge in [-0.25, -0.2) is 9.56 Å². The first kappa shape index (κ1) is 45.8. The summed E-state index contributed by atoms with van der Waals surface area (Å²) in [4.78, 5) is 14.6. The highest BCUT2D eigenvalue weighted by Crippen LogP contribution is 2.47. The lowest BCUT2D eigenvalue weighted by atomic mass is 9.94. The van der Waals surface area contributed by atoms with Crippen LogP contribution in [0.3, 0.4) is 0 Å². The lowest BCUT2D eigenvalue weighted by Gasteiger charge is -2.31. The molecule has 0 saturated carbocycles. The summed E-state index contributed by atoms with van der Waals surface area (Å²) < 4.78 is 35.7. The molecule has 310 valence electrons. The van der Waals surface area contributed by atoms with Crippen LogP contribution >= 0.6 is 19.4 Å². The lowest BCUT2D eigenvalue weighted by Crippen LogP contribution is -2.46. The summed E-state index contributed by atoms with van der Waals surface area (Å²) in [5.74, 6) is 0.223. The van der Waals surface area contributed by atoms with Crippen LogP contribution in [0.4, 0.5) is 0 Å². The number of aliphatic hydroxyl groups excluding tert-OH is 2. The van der Waals surface area contributed by atoms with Crippen molar-refractivity contribution in [3.05, 3.63) is 46.1 Å². The quantitative estimate of drug-likeness (QED) is 0.0500. The summed E-state index contributed by atoms with van der Waals surface area (Å²) in [7, 11) is -4.81. The molecule has 0 radical (unpaired) electrons. The molecular formula is C40H60ClN6O8P. The predicted octanol–water partition coefficient (Wildman–Crippen LogP) is 7.54. The fraction of sp³-hybridized carbons (Fsp3) is 0.700. The third-order valence-electron chi connectivity index (χ3n) is 10.6. The van der Waals surface area contributed by atoms with Gasteiger partial charge in [0.25, 0.3) is 0 Å². The fourth-order valence-corrected chi connectivity index (χ4v) is 8.43. The van der Waals surface area contributed by atoms with Crippen molar-refractivity contribution in [1.29, 1.82) is 10.5 Å². The molecule has 7 atom stereocenters. The second kappa shape index (κ2) is 23.5. The average molecular weight is 819 g/mol. The van der Waals surface area contributed by atoms with Crippen molar-refractivity contribution in [2.24, 2.45) is 15.8 Å². The number of phosphoric acid groups is 1. The molecule has 1 saturated heterocycles. The van der Waals surface area contributed by atoms with Crippen LogP contribution < -0.4 is 5.73 Å². The molecule has 0 amide bonds. The highest BCUT2D eigenvalue weighted by molar-refractivity contribution is 7.47. The molecule has 0 aliphatic carbocycles. The molecule has 1 aromatic carbocycles. The van der Waals surface area contributed by atoms with Crippen molar-refractivity contribution < 1.29 is 38.2 Å². The van der Waals surface area contributed by atoms with E-state index in [0.29, 0.717) is 34.7 Å². The number of amidine groups is 1. The molecule has 3 heterocycles. The number of hydrazone groups is 1. The van der Waals surface area contributed by atoms with E-state index >= 15 is 0 Å². The van der Waals surface area contributed by atoms with Gasteiger partial charge in [-0.15, -0.1) is 0 Å². The monoisotopic (exact) mass is 818 g/mol. The number of halogens is 1. The van der Waals surface area contributed by atoms with Crippen LogP contribution in [0.25, 0.3) is 0 Å². The van der Waals surface area contributed by atoms with Gasteiger partial charge < -0.3 is 30.3 Å². The number of rotatable bonds is 27. The van der Waals surface area contributed by atoms with Gasteiger partial charge in [0.2, 0.25) is 5.60 Å². The van der Waals surface area contributed by atoms with Crippen molar-refractivity contribution in [1.82, 2.24) is 5.01 Å². The molecule has 0 aromatic heterocycles. The largest absolute Gasteiger partial charge is 0.472 e. The average Bonchev–Trinajstić information content (AvgIpc) is 3.73. The van der Waals surface area contributed by atoms with Crippen molar-refractivity contribution in [2.75, 3.05) is 13.2 Å². The Balaban J connectivity index is 1.22. The normalized spacial score (nSPS) is 24.6. The fourth-order valence-electron chi connectivity index (χ4n) is 7.38. The zero-order valence-electron chi connectivity index (χ0n) is 32.6. The number of nitrogens with two attached hydrogens (primary N) is 1. The Morgan fingerprint density at radius 3 is 2.23 bits per heavy atom. The molecule has 0 bridgehead atoms. The van der Waals surface area contributed by atoms with Crippen molar-refractivity contribution >= 4 is 31.6 Å². The maximum Gasteiger partial charge on any atom is 0.472 e. The second-order valence-corrected chi connectivity index (χ2v) is 16.9. The van der Waals surface area contributed by atoms with E-state index in [4.69, 9.17) is 35.9 Å². The lowest BCUT2D eigenvalue weighted by molar-refractivity contribution is -0.0882. The van der Waals surface area contributed by atoms with Gasteiger partial charge >= 0.3 is 7.82 Å². The number of nitriles is 2. The van der Waals surface area contributed by atoms with Crippen molar-refractivity contribution in [3.63, 3.8) is 0 Å². The van der Waals surface area contributed by atoms with Crippen LogP contribution in [0.1, 0.15) is 134 Å². The van der Waals surface area contributed by atoms with Crippen LogP contribution in [0.5, 0.6) is 0 Å². The highest BCUT2D eigenvalue weighted by atomic mass is 35.5. The van der Waals surface area contributed by atoms with Gasteiger partial charge in [-0.05, 0) is 36.6 Å². The number of phosphoric ester groups is 1. The summed E-state index contributed by atoms with van der Waals surface area (Å²) in [5.41, 5.74) is 5.33. The van der Waals surface area contributed by atoms with E-state index < -0.39 is 50.5 Å². The molecule has 1 fully saturated rings. The minimum absolute atomic E-state index is 0.0892. The number of ether oxygens (including phenoxy) is 2. The third-order valence-corrected chi connectivity index (χ3v) is 11.8. The Morgan fingerprint density at radius 1 is 1.00 bits per heavy atom. The van der Waals surface area contributed by atoms with Crippen LogP contribution in [-0.2, 0) is 29.7 Å². The summed E-state index contributed by atoms with van der Waals surface area (Å²) in [6, 6.07) is 8.18. The van der Waals surface area contributed by atoms with E-state index in [1.807, 2.05) is 6.07 Å². The summed E-state index contributed by atoms with van der Waals surface area (Å²) in [6.07, 6.45) is 18.6. The van der Waals surface area contributed by atoms with E-state index in [2.05, 4.69) is 23.1 Å². The summed E-state index contributed by atoms with van der Waals surface area (Å²) in [6.45, 7) is 1.17. The molecule has 4 rings (SSSR count). The Bertz CT molecular complexity index is 1620. The Labute approximate surface area is 336 Å². The van der Waals surface area contributed by atoms with Crippen LogP contribution in [-0.4, -0.2) is 81.6 Å². The zero-order chi connectivity index (χ0) is 40.4. The first-order chi connectivity index (χ1) is 27.0. The van der Waals surface area contributed by atoms with E-state index in [0.717, 1.165) is 25.7 Å². The Kier molecular flexibility index (Phi) is 19.2. The van der Waals surface area contributed by atoms with Crippen molar-refractivity contribution in [2.45, 2.75) is 165 Å². The number of nitrogens with zero attached hydrogens (tertiary/aromatic N) is 5. The minimum atomic E-state index is -4.81. The highest BCUT2D eigenvalue weighted by Gasteiger charge is 2.59. The molecule has 14 nitrogen and oxygen atoms in total. The molecule has 2 unspecified atom stereocenters.